The number of carbonyl (C=O) groups excluding carboxylic acids is 1. The van der Waals surface area contributed by atoms with Gasteiger partial charge in [0.15, 0.2) is 0 Å². The third-order valence-corrected chi connectivity index (χ3v) is 5.06. The summed E-state index contributed by atoms with van der Waals surface area (Å²) >= 11 is 0. The molecule has 1 aliphatic heterocycles. The van der Waals surface area contributed by atoms with Gasteiger partial charge in [0.2, 0.25) is 15.9 Å². The summed E-state index contributed by atoms with van der Waals surface area (Å²) in [7, 11) is -3.25. The standard InChI is InChI=1S/C15H21N3O3S/c1-12-6-3-4-7-13(12)10-16-17-15(19)14-8-5-9-18(11-14)22(2,20)21/h3-4,6-7,10,14H,5,8-9,11H2,1-2H3,(H,17,19)/b16-10+. The predicted octanol–water partition coefficient (Wildman–Crippen LogP) is 1.12. The molecule has 0 radical (unpaired) electrons. The fraction of sp³-hybridized carbons (Fsp3) is 0.467. The van der Waals surface area contributed by atoms with Gasteiger partial charge in [0, 0.05) is 13.1 Å². The summed E-state index contributed by atoms with van der Waals surface area (Å²) in [5.41, 5.74) is 4.51. The van der Waals surface area contributed by atoms with Crippen molar-refractivity contribution in [1.29, 1.82) is 0 Å². The number of carbonyl (C=O) groups is 1. The molecule has 1 aromatic carbocycles. The molecule has 1 unspecified atom stereocenters. The summed E-state index contributed by atoms with van der Waals surface area (Å²) in [5, 5.41) is 3.97. The minimum Gasteiger partial charge on any atom is -0.273 e. The first kappa shape index (κ1) is 16.6. The normalized spacial score (nSPS) is 20.2. The lowest BCUT2D eigenvalue weighted by Gasteiger charge is -2.29. The van der Waals surface area contributed by atoms with Crippen LogP contribution in [0.3, 0.4) is 0 Å². The summed E-state index contributed by atoms with van der Waals surface area (Å²) in [5.74, 6) is -0.587. The van der Waals surface area contributed by atoms with Crippen molar-refractivity contribution in [1.82, 2.24) is 9.73 Å². The minimum absolute atomic E-state index is 0.227. The summed E-state index contributed by atoms with van der Waals surface area (Å²) in [6.07, 6.45) is 4.14. The van der Waals surface area contributed by atoms with Crippen molar-refractivity contribution in [2.75, 3.05) is 19.3 Å². The summed E-state index contributed by atoms with van der Waals surface area (Å²) in [4.78, 5) is 12.1. The molecule has 1 fully saturated rings. The highest BCUT2D eigenvalue weighted by Crippen LogP contribution is 2.18. The number of hydrogen-bond acceptors (Lipinski definition) is 4. The van der Waals surface area contributed by atoms with Crippen molar-refractivity contribution in [3.63, 3.8) is 0 Å². The fourth-order valence-corrected chi connectivity index (χ4v) is 3.36. The molecule has 0 aromatic heterocycles. The molecule has 22 heavy (non-hydrogen) atoms. The van der Waals surface area contributed by atoms with Crippen LogP contribution in [-0.2, 0) is 14.8 Å². The minimum atomic E-state index is -3.25. The first-order valence-corrected chi connectivity index (χ1v) is 9.06. The van der Waals surface area contributed by atoms with Crippen molar-refractivity contribution in [3.05, 3.63) is 35.4 Å². The second kappa shape index (κ2) is 7.02. The van der Waals surface area contributed by atoms with Gasteiger partial charge in [-0.05, 0) is 30.9 Å². The Labute approximate surface area is 131 Å². The van der Waals surface area contributed by atoms with Crippen molar-refractivity contribution in [3.8, 4) is 0 Å². The molecule has 0 saturated carbocycles. The van der Waals surface area contributed by atoms with E-state index in [1.165, 1.54) is 10.6 Å². The first-order valence-electron chi connectivity index (χ1n) is 7.21. The summed E-state index contributed by atoms with van der Waals surface area (Å²) < 4.78 is 24.5. The molecule has 1 heterocycles. The zero-order chi connectivity index (χ0) is 16.2. The van der Waals surface area contributed by atoms with Crippen LogP contribution >= 0.6 is 0 Å². The van der Waals surface area contributed by atoms with E-state index in [0.717, 1.165) is 11.1 Å². The van der Waals surface area contributed by atoms with Crippen LogP contribution in [0.25, 0.3) is 0 Å². The lowest BCUT2D eigenvalue weighted by atomic mass is 9.99. The average molecular weight is 323 g/mol. The molecular weight excluding hydrogens is 302 g/mol. The maximum Gasteiger partial charge on any atom is 0.244 e. The van der Waals surface area contributed by atoms with E-state index in [2.05, 4.69) is 10.5 Å². The number of sulfonamides is 1. The van der Waals surface area contributed by atoms with E-state index in [9.17, 15) is 13.2 Å². The van der Waals surface area contributed by atoms with Gasteiger partial charge in [-0.25, -0.2) is 18.1 Å². The number of benzene rings is 1. The number of aryl methyl sites for hydroxylation is 1. The molecule has 120 valence electrons. The molecule has 2 rings (SSSR count). The van der Waals surface area contributed by atoms with Gasteiger partial charge in [-0.3, -0.25) is 4.79 Å². The molecule has 1 aromatic rings. The quantitative estimate of drug-likeness (QED) is 0.666. The van der Waals surface area contributed by atoms with Gasteiger partial charge in [-0.15, -0.1) is 0 Å². The van der Waals surface area contributed by atoms with Crippen LogP contribution in [0.4, 0.5) is 0 Å². The van der Waals surface area contributed by atoms with E-state index in [1.807, 2.05) is 31.2 Å². The Morgan fingerprint density at radius 2 is 2.14 bits per heavy atom. The van der Waals surface area contributed by atoms with Crippen LogP contribution in [0.1, 0.15) is 24.0 Å². The number of nitrogens with zero attached hydrogens (tertiary/aromatic N) is 2. The van der Waals surface area contributed by atoms with Gasteiger partial charge in [-0.2, -0.15) is 5.10 Å². The van der Waals surface area contributed by atoms with Gasteiger partial charge in [0.1, 0.15) is 0 Å². The lowest BCUT2D eigenvalue weighted by Crippen LogP contribution is -2.44. The highest BCUT2D eigenvalue weighted by atomic mass is 32.2. The fourth-order valence-electron chi connectivity index (χ4n) is 2.45. The van der Waals surface area contributed by atoms with Crippen LogP contribution < -0.4 is 5.43 Å². The van der Waals surface area contributed by atoms with E-state index < -0.39 is 10.0 Å². The number of hydrazone groups is 1. The van der Waals surface area contributed by atoms with Gasteiger partial charge in [0.05, 0.1) is 18.4 Å². The lowest BCUT2D eigenvalue weighted by molar-refractivity contribution is -0.126. The van der Waals surface area contributed by atoms with Gasteiger partial charge in [0.25, 0.3) is 0 Å². The molecule has 1 amide bonds. The predicted molar refractivity (Wildman–Crippen MR) is 86.1 cm³/mol. The molecule has 0 aliphatic carbocycles. The van der Waals surface area contributed by atoms with Crippen molar-refractivity contribution < 1.29 is 13.2 Å². The Kier molecular flexibility index (Phi) is 5.31. The summed E-state index contributed by atoms with van der Waals surface area (Å²) in [6.45, 7) is 2.67. The molecule has 6 nitrogen and oxygen atoms in total. The Morgan fingerprint density at radius 1 is 1.41 bits per heavy atom. The van der Waals surface area contributed by atoms with Crippen molar-refractivity contribution in [2.45, 2.75) is 19.8 Å². The third-order valence-electron chi connectivity index (χ3n) is 3.79. The van der Waals surface area contributed by atoms with Crippen LogP contribution in [0.15, 0.2) is 29.4 Å². The molecule has 0 spiro atoms. The van der Waals surface area contributed by atoms with Crippen LogP contribution in [-0.4, -0.2) is 44.2 Å². The Bertz CT molecular complexity index is 670. The number of rotatable bonds is 4. The Hall–Kier alpha value is -1.73. The topological polar surface area (TPSA) is 78.8 Å². The number of hydrogen-bond donors (Lipinski definition) is 1. The van der Waals surface area contributed by atoms with E-state index in [1.54, 1.807) is 6.21 Å². The first-order chi connectivity index (χ1) is 10.4. The number of amides is 1. The van der Waals surface area contributed by atoms with E-state index >= 15 is 0 Å². The maximum absolute atomic E-state index is 12.1. The zero-order valence-electron chi connectivity index (χ0n) is 12.8. The molecule has 1 saturated heterocycles. The molecular formula is C15H21N3O3S. The average Bonchev–Trinajstić information content (AvgIpc) is 2.48. The largest absolute Gasteiger partial charge is 0.273 e. The second-order valence-electron chi connectivity index (χ2n) is 5.55. The van der Waals surface area contributed by atoms with E-state index in [-0.39, 0.29) is 18.4 Å². The van der Waals surface area contributed by atoms with Crippen molar-refractivity contribution >= 4 is 22.1 Å². The Balaban J connectivity index is 1.94. The van der Waals surface area contributed by atoms with E-state index in [4.69, 9.17) is 0 Å². The van der Waals surface area contributed by atoms with E-state index in [0.29, 0.717) is 19.4 Å². The van der Waals surface area contributed by atoms with Gasteiger partial charge < -0.3 is 0 Å². The molecule has 1 aliphatic rings. The number of nitrogens with one attached hydrogen (secondary N) is 1. The monoisotopic (exact) mass is 323 g/mol. The van der Waals surface area contributed by atoms with Gasteiger partial charge in [-0.1, -0.05) is 24.3 Å². The Morgan fingerprint density at radius 3 is 2.82 bits per heavy atom. The van der Waals surface area contributed by atoms with Crippen LogP contribution in [0.5, 0.6) is 0 Å². The van der Waals surface area contributed by atoms with Gasteiger partial charge >= 0.3 is 0 Å². The van der Waals surface area contributed by atoms with Crippen LogP contribution in [0.2, 0.25) is 0 Å². The zero-order valence-corrected chi connectivity index (χ0v) is 13.6. The maximum atomic E-state index is 12.1. The highest BCUT2D eigenvalue weighted by molar-refractivity contribution is 7.88. The molecule has 7 heteroatoms. The van der Waals surface area contributed by atoms with Crippen molar-refractivity contribution in [2.24, 2.45) is 11.0 Å². The van der Waals surface area contributed by atoms with Crippen LogP contribution in [0, 0.1) is 12.8 Å². The third kappa shape index (κ3) is 4.38. The smallest absolute Gasteiger partial charge is 0.244 e. The molecule has 1 N–H and O–H groups in total. The SMILES string of the molecule is Cc1ccccc1/C=N/NC(=O)C1CCCN(S(C)(=O)=O)C1. The highest BCUT2D eigenvalue weighted by Gasteiger charge is 2.29. The summed E-state index contributed by atoms with van der Waals surface area (Å²) in [6, 6.07) is 7.72. The molecule has 0 bridgehead atoms. The second-order valence-corrected chi connectivity index (χ2v) is 7.53. The molecule has 1 atom stereocenters. The number of piperidine rings is 1.